The SMILES string of the molecule is CCC(NC(=O)C(=NC)C(C)(C)c1ccccc1)(C(=O)N(C)C/C=C(\C)C(=O)O)C(C)C. The second-order valence-corrected chi connectivity index (χ2v) is 8.87. The monoisotopic (exact) mass is 443 g/mol. The zero-order valence-electron chi connectivity index (χ0n) is 20.5. The average Bonchev–Trinajstić information content (AvgIpc) is 2.75. The molecular weight excluding hydrogens is 406 g/mol. The minimum absolute atomic E-state index is 0.130. The number of amides is 2. The van der Waals surface area contributed by atoms with Gasteiger partial charge in [-0.3, -0.25) is 14.6 Å². The maximum atomic E-state index is 13.5. The lowest BCUT2D eigenvalue weighted by molar-refractivity contribution is -0.141. The molecule has 0 radical (unpaired) electrons. The predicted molar refractivity (Wildman–Crippen MR) is 128 cm³/mol. The molecule has 0 saturated carbocycles. The molecule has 1 unspecified atom stereocenters. The van der Waals surface area contributed by atoms with Crippen molar-refractivity contribution in [2.75, 3.05) is 20.6 Å². The van der Waals surface area contributed by atoms with E-state index in [1.807, 2.05) is 65.0 Å². The fraction of sp³-hybridized carbons (Fsp3) is 0.520. The van der Waals surface area contributed by atoms with Crippen LogP contribution >= 0.6 is 0 Å². The van der Waals surface area contributed by atoms with Crippen molar-refractivity contribution in [3.05, 3.63) is 47.5 Å². The van der Waals surface area contributed by atoms with Crippen LogP contribution in [0.15, 0.2) is 47.0 Å². The number of hydrogen-bond acceptors (Lipinski definition) is 4. The summed E-state index contributed by atoms with van der Waals surface area (Å²) in [6, 6.07) is 9.64. The van der Waals surface area contributed by atoms with Crippen molar-refractivity contribution in [1.82, 2.24) is 10.2 Å². The van der Waals surface area contributed by atoms with Crippen LogP contribution < -0.4 is 5.32 Å². The van der Waals surface area contributed by atoms with Gasteiger partial charge in [-0.1, -0.05) is 57.2 Å². The van der Waals surface area contributed by atoms with Crippen LogP contribution in [0.3, 0.4) is 0 Å². The fourth-order valence-electron chi connectivity index (χ4n) is 3.80. The number of likely N-dealkylation sites (N-methyl/N-ethyl adjacent to an activating group) is 1. The second-order valence-electron chi connectivity index (χ2n) is 8.87. The molecule has 0 aliphatic rings. The van der Waals surface area contributed by atoms with Gasteiger partial charge in [-0.25, -0.2) is 4.79 Å². The van der Waals surface area contributed by atoms with E-state index >= 15 is 0 Å². The van der Waals surface area contributed by atoms with Crippen LogP contribution in [-0.2, 0) is 19.8 Å². The van der Waals surface area contributed by atoms with Crippen molar-refractivity contribution in [2.24, 2.45) is 10.9 Å². The molecule has 32 heavy (non-hydrogen) atoms. The number of aliphatic imine (C=N–C) groups is 1. The van der Waals surface area contributed by atoms with Crippen LogP contribution in [0.25, 0.3) is 0 Å². The van der Waals surface area contributed by atoms with Gasteiger partial charge < -0.3 is 15.3 Å². The number of carboxylic acids is 1. The molecular formula is C25H37N3O4. The summed E-state index contributed by atoms with van der Waals surface area (Å²) in [5.41, 5.74) is -0.378. The molecule has 2 amide bonds. The topological polar surface area (TPSA) is 99.1 Å². The number of carbonyl (C=O) groups excluding carboxylic acids is 2. The lowest BCUT2D eigenvalue weighted by atomic mass is 9.77. The van der Waals surface area contributed by atoms with E-state index in [4.69, 9.17) is 5.11 Å². The Kier molecular flexibility index (Phi) is 9.36. The summed E-state index contributed by atoms with van der Waals surface area (Å²) in [6.07, 6.45) is 1.87. The number of rotatable bonds is 10. The summed E-state index contributed by atoms with van der Waals surface area (Å²) in [5.74, 6) is -1.90. The average molecular weight is 444 g/mol. The molecule has 7 heteroatoms. The van der Waals surface area contributed by atoms with Gasteiger partial charge in [0.2, 0.25) is 5.91 Å². The highest BCUT2D eigenvalue weighted by Crippen LogP contribution is 2.28. The second kappa shape index (κ2) is 11.1. The Morgan fingerprint density at radius 2 is 1.75 bits per heavy atom. The molecule has 0 spiro atoms. The smallest absolute Gasteiger partial charge is 0.331 e. The Morgan fingerprint density at radius 3 is 2.19 bits per heavy atom. The number of benzene rings is 1. The van der Waals surface area contributed by atoms with E-state index in [0.717, 1.165) is 5.56 Å². The number of carbonyl (C=O) groups is 3. The van der Waals surface area contributed by atoms with Crippen LogP contribution in [0.4, 0.5) is 0 Å². The van der Waals surface area contributed by atoms with Gasteiger partial charge in [0.25, 0.3) is 5.91 Å². The van der Waals surface area contributed by atoms with Crippen LogP contribution in [0.5, 0.6) is 0 Å². The summed E-state index contributed by atoms with van der Waals surface area (Å²) < 4.78 is 0. The molecule has 0 aromatic heterocycles. The molecule has 1 atom stereocenters. The predicted octanol–water partition coefficient (Wildman–Crippen LogP) is 3.45. The number of hydrogen-bond donors (Lipinski definition) is 2. The lowest BCUT2D eigenvalue weighted by Gasteiger charge is -2.40. The maximum Gasteiger partial charge on any atom is 0.331 e. The van der Waals surface area contributed by atoms with Crippen LogP contribution in [0.1, 0.15) is 53.5 Å². The lowest BCUT2D eigenvalue weighted by Crippen LogP contribution is -2.63. The van der Waals surface area contributed by atoms with Gasteiger partial charge in [-0.15, -0.1) is 0 Å². The normalized spacial score (nSPS) is 14.7. The first-order valence-electron chi connectivity index (χ1n) is 10.9. The number of nitrogens with zero attached hydrogens (tertiary/aromatic N) is 2. The van der Waals surface area contributed by atoms with E-state index in [-0.39, 0.29) is 23.9 Å². The van der Waals surface area contributed by atoms with E-state index < -0.39 is 22.8 Å². The highest BCUT2D eigenvalue weighted by atomic mass is 16.4. The molecule has 1 aromatic rings. The minimum atomic E-state index is -1.15. The summed E-state index contributed by atoms with van der Waals surface area (Å²) in [6.45, 7) is 11.1. The van der Waals surface area contributed by atoms with Crippen molar-refractivity contribution in [3.8, 4) is 0 Å². The van der Waals surface area contributed by atoms with E-state index in [2.05, 4.69) is 10.3 Å². The van der Waals surface area contributed by atoms with Gasteiger partial charge in [0.15, 0.2) is 0 Å². The first-order valence-corrected chi connectivity index (χ1v) is 10.9. The van der Waals surface area contributed by atoms with Crippen molar-refractivity contribution in [1.29, 1.82) is 0 Å². The minimum Gasteiger partial charge on any atom is -0.478 e. The van der Waals surface area contributed by atoms with Crippen LogP contribution in [0.2, 0.25) is 0 Å². The molecule has 0 aliphatic carbocycles. The molecule has 2 N–H and O–H groups in total. The zero-order chi connectivity index (χ0) is 24.7. The van der Waals surface area contributed by atoms with Crippen LogP contribution in [0, 0.1) is 5.92 Å². The summed E-state index contributed by atoms with van der Waals surface area (Å²) in [5, 5.41) is 12.1. The van der Waals surface area contributed by atoms with Gasteiger partial charge in [-0.05, 0) is 38.7 Å². The molecule has 1 aromatic carbocycles. The molecule has 0 fully saturated rings. The molecule has 7 nitrogen and oxygen atoms in total. The van der Waals surface area contributed by atoms with Gasteiger partial charge in [0, 0.05) is 31.6 Å². The van der Waals surface area contributed by atoms with Gasteiger partial charge in [0.05, 0.1) is 0 Å². The molecule has 176 valence electrons. The Balaban J connectivity index is 3.27. The first kappa shape index (κ1) is 27.1. The third kappa shape index (κ3) is 5.84. The Hall–Kier alpha value is -2.96. The van der Waals surface area contributed by atoms with E-state index in [0.29, 0.717) is 12.1 Å². The number of aliphatic carboxylic acids is 1. The summed E-state index contributed by atoms with van der Waals surface area (Å²) >= 11 is 0. The van der Waals surface area contributed by atoms with E-state index in [9.17, 15) is 14.4 Å². The zero-order valence-corrected chi connectivity index (χ0v) is 20.5. The van der Waals surface area contributed by atoms with Gasteiger partial charge >= 0.3 is 5.97 Å². The summed E-state index contributed by atoms with van der Waals surface area (Å²) in [4.78, 5) is 43.7. The van der Waals surface area contributed by atoms with Crippen molar-refractivity contribution < 1.29 is 19.5 Å². The number of nitrogens with one attached hydrogen (secondary N) is 1. The molecule has 0 heterocycles. The largest absolute Gasteiger partial charge is 0.478 e. The molecule has 0 aliphatic heterocycles. The molecule has 0 bridgehead atoms. The highest BCUT2D eigenvalue weighted by Gasteiger charge is 2.45. The van der Waals surface area contributed by atoms with Crippen LogP contribution in [-0.4, -0.2) is 59.7 Å². The third-order valence-corrected chi connectivity index (χ3v) is 6.14. The Labute approximate surface area is 191 Å². The van der Waals surface area contributed by atoms with E-state index in [1.54, 1.807) is 14.1 Å². The van der Waals surface area contributed by atoms with Crippen molar-refractivity contribution in [2.45, 2.75) is 58.9 Å². The van der Waals surface area contributed by atoms with Crippen molar-refractivity contribution >= 4 is 23.5 Å². The van der Waals surface area contributed by atoms with Gasteiger partial charge in [-0.2, -0.15) is 0 Å². The fourth-order valence-corrected chi connectivity index (χ4v) is 3.80. The van der Waals surface area contributed by atoms with Crippen molar-refractivity contribution in [3.63, 3.8) is 0 Å². The standard InChI is InChI=1S/C25H37N3O4/c1-9-25(17(2)3,23(32)28(8)16-15-18(4)22(30)31)27-21(29)20(26-7)24(5,6)19-13-11-10-12-14-19/h10-15,17H,9,16H2,1-8H3,(H,27,29)(H,30,31)/b18-15+,26-20?. The Bertz CT molecular complexity index is 888. The molecule has 1 rings (SSSR count). The maximum absolute atomic E-state index is 13.5. The number of carboxylic acid groups (broad SMARTS) is 1. The highest BCUT2D eigenvalue weighted by molar-refractivity contribution is 6.42. The van der Waals surface area contributed by atoms with E-state index in [1.165, 1.54) is 17.9 Å². The molecule has 0 saturated heterocycles. The first-order chi connectivity index (χ1) is 14.8. The third-order valence-electron chi connectivity index (χ3n) is 6.14. The quantitative estimate of drug-likeness (QED) is 0.427. The summed E-state index contributed by atoms with van der Waals surface area (Å²) in [7, 11) is 3.19. The Morgan fingerprint density at radius 1 is 1.19 bits per heavy atom. The van der Waals surface area contributed by atoms with Gasteiger partial charge in [0.1, 0.15) is 11.3 Å².